The number of aliphatic hydroxyl groups excluding tert-OH is 1. The van der Waals surface area contributed by atoms with Crippen LogP contribution >= 0.6 is 11.8 Å². The maximum absolute atomic E-state index is 12.1. The minimum atomic E-state index is -1.15. The van der Waals surface area contributed by atoms with E-state index in [1.165, 1.54) is 23.6 Å². The third kappa shape index (κ3) is 4.74. The molecule has 0 bridgehead atoms. The van der Waals surface area contributed by atoms with Crippen molar-refractivity contribution in [3.63, 3.8) is 0 Å². The van der Waals surface area contributed by atoms with Crippen molar-refractivity contribution < 1.29 is 29.7 Å². The predicted octanol–water partition coefficient (Wildman–Crippen LogP) is -0.950. The molecule has 154 valence electrons. The lowest BCUT2D eigenvalue weighted by Crippen LogP contribution is -2.47. The number of carbonyl (C=O) groups is 3. The molecule has 2 fully saturated rings. The van der Waals surface area contributed by atoms with Crippen molar-refractivity contribution in [3.05, 3.63) is 0 Å². The predicted molar refractivity (Wildman–Crippen MR) is 101 cm³/mol. The molecule has 27 heavy (non-hydrogen) atoms. The molecule has 2 rings (SSSR count). The second-order valence-electron chi connectivity index (χ2n) is 7.62. The molecular weight excluding hydrogens is 374 g/mol. The van der Waals surface area contributed by atoms with E-state index >= 15 is 0 Å². The van der Waals surface area contributed by atoms with Gasteiger partial charge in [0, 0.05) is 37.2 Å². The Morgan fingerprint density at radius 3 is 2.33 bits per heavy atom. The molecule has 0 aromatic rings. The van der Waals surface area contributed by atoms with Gasteiger partial charge in [-0.05, 0) is 19.3 Å². The van der Waals surface area contributed by atoms with Gasteiger partial charge < -0.3 is 25.5 Å². The SMILES string of the molecule is C[C@@H]1[C@H]([C@H](C(=O)O)[C@@H](C)O)N[C@H](C(=O)O)[C@@H]1S[C@@H]1CN[C@H](C(=O)N(C)C)C1. The maximum Gasteiger partial charge on any atom is 0.321 e. The number of thioether (sulfide) groups is 1. The highest BCUT2D eigenvalue weighted by atomic mass is 32.2. The first-order valence-corrected chi connectivity index (χ1v) is 9.98. The smallest absolute Gasteiger partial charge is 0.321 e. The Labute approximate surface area is 162 Å². The molecular formula is C17H29N3O6S. The molecule has 2 aliphatic rings. The zero-order chi connectivity index (χ0) is 20.5. The molecule has 0 aliphatic carbocycles. The molecule has 8 atom stereocenters. The highest BCUT2D eigenvalue weighted by Gasteiger charge is 2.51. The first-order valence-electron chi connectivity index (χ1n) is 9.04. The summed E-state index contributed by atoms with van der Waals surface area (Å²) in [6, 6.07) is -1.83. The number of aliphatic carboxylic acids is 2. The minimum Gasteiger partial charge on any atom is -0.481 e. The Morgan fingerprint density at radius 1 is 1.22 bits per heavy atom. The average Bonchev–Trinajstić information content (AvgIpc) is 3.13. The summed E-state index contributed by atoms with van der Waals surface area (Å²) < 4.78 is 0. The normalized spacial score (nSPS) is 35.6. The molecule has 2 saturated heterocycles. The molecule has 2 heterocycles. The van der Waals surface area contributed by atoms with Crippen LogP contribution in [0.4, 0.5) is 0 Å². The number of carboxylic acid groups (broad SMARTS) is 2. The fourth-order valence-corrected chi connectivity index (χ4v) is 5.71. The van der Waals surface area contributed by atoms with Crippen molar-refractivity contribution in [2.45, 2.75) is 55.0 Å². The lowest BCUT2D eigenvalue weighted by molar-refractivity contribution is -0.147. The second kappa shape index (κ2) is 8.76. The summed E-state index contributed by atoms with van der Waals surface area (Å²) in [6.07, 6.45) is -0.503. The number of hydrogen-bond acceptors (Lipinski definition) is 7. The highest BCUT2D eigenvalue weighted by molar-refractivity contribution is 8.00. The van der Waals surface area contributed by atoms with Crippen LogP contribution in [0.25, 0.3) is 0 Å². The van der Waals surface area contributed by atoms with Gasteiger partial charge >= 0.3 is 11.9 Å². The largest absolute Gasteiger partial charge is 0.481 e. The van der Waals surface area contributed by atoms with E-state index in [4.69, 9.17) is 0 Å². The molecule has 0 spiro atoms. The fraction of sp³-hybridized carbons (Fsp3) is 0.824. The summed E-state index contributed by atoms with van der Waals surface area (Å²) >= 11 is 1.49. The Balaban J connectivity index is 2.11. The molecule has 2 aliphatic heterocycles. The third-order valence-electron chi connectivity index (χ3n) is 5.42. The van der Waals surface area contributed by atoms with Crippen LogP contribution in [0.1, 0.15) is 20.3 Å². The van der Waals surface area contributed by atoms with E-state index in [0.29, 0.717) is 13.0 Å². The zero-order valence-corrected chi connectivity index (χ0v) is 16.8. The van der Waals surface area contributed by atoms with Crippen LogP contribution < -0.4 is 10.6 Å². The van der Waals surface area contributed by atoms with Gasteiger partial charge in [-0.25, -0.2) is 0 Å². The number of nitrogens with one attached hydrogen (secondary N) is 2. The summed E-state index contributed by atoms with van der Waals surface area (Å²) in [5.41, 5.74) is 0. The van der Waals surface area contributed by atoms with Crippen molar-refractivity contribution in [3.8, 4) is 0 Å². The van der Waals surface area contributed by atoms with E-state index in [-0.39, 0.29) is 28.4 Å². The van der Waals surface area contributed by atoms with Gasteiger partial charge in [-0.1, -0.05) is 6.92 Å². The average molecular weight is 404 g/mol. The number of carbonyl (C=O) groups excluding carboxylic acids is 1. The van der Waals surface area contributed by atoms with Crippen molar-refractivity contribution in [2.75, 3.05) is 20.6 Å². The fourth-order valence-electron chi connectivity index (χ4n) is 4.00. The van der Waals surface area contributed by atoms with E-state index < -0.39 is 36.0 Å². The lowest BCUT2D eigenvalue weighted by atomic mass is 9.87. The van der Waals surface area contributed by atoms with Crippen LogP contribution in [0.2, 0.25) is 0 Å². The van der Waals surface area contributed by atoms with Crippen LogP contribution in [0.5, 0.6) is 0 Å². The molecule has 1 amide bonds. The number of likely N-dealkylation sites (N-methyl/N-ethyl adjacent to an activating group) is 1. The third-order valence-corrected chi connectivity index (χ3v) is 7.18. The second-order valence-corrected chi connectivity index (χ2v) is 9.11. The lowest BCUT2D eigenvalue weighted by Gasteiger charge is -2.27. The quantitative estimate of drug-likeness (QED) is 0.364. The number of nitrogens with zero attached hydrogens (tertiary/aromatic N) is 1. The van der Waals surface area contributed by atoms with Gasteiger partial charge in [-0.15, -0.1) is 0 Å². The van der Waals surface area contributed by atoms with Crippen LogP contribution in [0.3, 0.4) is 0 Å². The number of amides is 1. The molecule has 0 unspecified atom stereocenters. The van der Waals surface area contributed by atoms with Crippen molar-refractivity contribution >= 4 is 29.6 Å². The number of rotatable bonds is 7. The number of hydrogen-bond donors (Lipinski definition) is 5. The van der Waals surface area contributed by atoms with Crippen LogP contribution in [0.15, 0.2) is 0 Å². The summed E-state index contributed by atoms with van der Waals surface area (Å²) in [7, 11) is 3.39. The van der Waals surface area contributed by atoms with E-state index in [1.54, 1.807) is 14.1 Å². The Morgan fingerprint density at radius 2 is 1.85 bits per heavy atom. The Bertz CT molecular complexity index is 587. The first kappa shape index (κ1) is 21.9. The summed E-state index contributed by atoms with van der Waals surface area (Å²) in [5, 5.41) is 34.7. The Hall–Kier alpha value is -1.36. The maximum atomic E-state index is 12.1. The van der Waals surface area contributed by atoms with Crippen LogP contribution in [-0.2, 0) is 14.4 Å². The summed E-state index contributed by atoms with van der Waals surface area (Å²) in [6.45, 7) is 3.82. The van der Waals surface area contributed by atoms with E-state index in [0.717, 1.165) is 0 Å². The van der Waals surface area contributed by atoms with Crippen LogP contribution in [-0.4, -0.2) is 93.4 Å². The van der Waals surface area contributed by atoms with Crippen molar-refractivity contribution in [1.82, 2.24) is 15.5 Å². The van der Waals surface area contributed by atoms with Crippen molar-refractivity contribution in [1.29, 1.82) is 0 Å². The molecule has 0 saturated carbocycles. The van der Waals surface area contributed by atoms with E-state index in [1.807, 2.05) is 6.92 Å². The van der Waals surface area contributed by atoms with E-state index in [2.05, 4.69) is 10.6 Å². The van der Waals surface area contributed by atoms with Gasteiger partial charge in [0.05, 0.1) is 18.1 Å². The summed E-state index contributed by atoms with van der Waals surface area (Å²) in [4.78, 5) is 37.0. The molecule has 9 nitrogen and oxygen atoms in total. The monoisotopic (exact) mass is 403 g/mol. The van der Waals surface area contributed by atoms with Crippen LogP contribution in [0, 0.1) is 11.8 Å². The molecule has 0 radical (unpaired) electrons. The standard InChI is InChI=1S/C17H29N3O6S/c1-7-12(11(8(2)21)16(23)24)19-13(17(25)26)14(7)27-9-5-10(18-6-9)15(22)20(3)4/h7-14,18-19,21H,5-6H2,1-4H3,(H,23,24)(H,25,26)/t7-,8-,9+,10+,11-,12-,13+,14-/m1/s1. The van der Waals surface area contributed by atoms with Gasteiger partial charge in [-0.3, -0.25) is 19.7 Å². The molecule has 10 heteroatoms. The van der Waals surface area contributed by atoms with Gasteiger partial charge in [0.1, 0.15) is 6.04 Å². The van der Waals surface area contributed by atoms with Gasteiger partial charge in [0.2, 0.25) is 5.91 Å². The van der Waals surface area contributed by atoms with E-state index in [9.17, 15) is 29.7 Å². The van der Waals surface area contributed by atoms with Gasteiger partial charge in [0.15, 0.2) is 0 Å². The Kier molecular flexibility index (Phi) is 7.12. The van der Waals surface area contributed by atoms with Crippen molar-refractivity contribution in [2.24, 2.45) is 11.8 Å². The van der Waals surface area contributed by atoms with Gasteiger partial charge in [-0.2, -0.15) is 11.8 Å². The number of carboxylic acids is 2. The molecule has 5 N–H and O–H groups in total. The number of aliphatic hydroxyl groups is 1. The van der Waals surface area contributed by atoms with Gasteiger partial charge in [0.25, 0.3) is 0 Å². The highest BCUT2D eigenvalue weighted by Crippen LogP contribution is 2.39. The topological polar surface area (TPSA) is 139 Å². The molecule has 0 aromatic heterocycles. The zero-order valence-electron chi connectivity index (χ0n) is 16.0. The summed E-state index contributed by atoms with van der Waals surface area (Å²) in [5.74, 6) is -3.55. The minimum absolute atomic E-state index is 0.0107. The molecule has 0 aromatic carbocycles. The first-order chi connectivity index (χ1) is 12.5.